The summed E-state index contributed by atoms with van der Waals surface area (Å²) < 4.78 is 0. The molecule has 0 saturated heterocycles. The maximum atomic E-state index is 10.3. The highest BCUT2D eigenvalue weighted by molar-refractivity contribution is 5.66. The van der Waals surface area contributed by atoms with Gasteiger partial charge >= 0.3 is 5.97 Å². The van der Waals surface area contributed by atoms with Gasteiger partial charge in [-0.15, -0.1) is 0 Å². The molecular formula is C12H23NO2. The van der Waals surface area contributed by atoms with E-state index in [1.54, 1.807) is 0 Å². The molecule has 0 bridgehead atoms. The Kier molecular flexibility index (Phi) is 4.58. The maximum absolute atomic E-state index is 10.3. The molecule has 2 N–H and O–H groups in total. The summed E-state index contributed by atoms with van der Waals surface area (Å²) in [6.07, 6.45) is 4.77. The van der Waals surface area contributed by atoms with Crippen molar-refractivity contribution >= 4 is 5.97 Å². The molecule has 1 rings (SSSR count). The molecule has 0 heterocycles. The van der Waals surface area contributed by atoms with Crippen LogP contribution in [0.5, 0.6) is 0 Å². The summed E-state index contributed by atoms with van der Waals surface area (Å²) in [6.45, 7) is 6.65. The Balaban J connectivity index is 1.96. The van der Waals surface area contributed by atoms with Gasteiger partial charge in [0.2, 0.25) is 0 Å². The van der Waals surface area contributed by atoms with Gasteiger partial charge in [0.05, 0.1) is 0 Å². The molecule has 1 aliphatic rings. The van der Waals surface area contributed by atoms with Crippen LogP contribution in [-0.2, 0) is 4.79 Å². The van der Waals surface area contributed by atoms with E-state index in [0.29, 0.717) is 11.8 Å². The Hall–Kier alpha value is -0.570. The van der Waals surface area contributed by atoms with Crippen LogP contribution in [0.4, 0.5) is 0 Å². The maximum Gasteiger partial charge on any atom is 0.303 e. The summed E-state index contributed by atoms with van der Waals surface area (Å²) in [5.41, 5.74) is 0.562. The molecule has 0 aromatic heterocycles. The number of hydrogen-bond donors (Lipinski definition) is 2. The molecule has 0 unspecified atom stereocenters. The molecule has 0 aliphatic heterocycles. The van der Waals surface area contributed by atoms with Crippen molar-refractivity contribution in [1.82, 2.24) is 5.32 Å². The minimum Gasteiger partial charge on any atom is -0.481 e. The van der Waals surface area contributed by atoms with Crippen molar-refractivity contribution in [3.63, 3.8) is 0 Å². The summed E-state index contributed by atoms with van der Waals surface area (Å²) >= 11 is 0. The van der Waals surface area contributed by atoms with Gasteiger partial charge in [-0.1, -0.05) is 13.8 Å². The fourth-order valence-corrected chi connectivity index (χ4v) is 1.98. The molecule has 3 nitrogen and oxygen atoms in total. The molecule has 1 fully saturated rings. The van der Waals surface area contributed by atoms with Crippen LogP contribution in [0.25, 0.3) is 0 Å². The zero-order chi connectivity index (χ0) is 11.3. The standard InChI is InChI=1S/C12H23NO2/c1-10(2)12(6-7-12)9-13-8-4-3-5-11(14)15/h10,13H,3-9H2,1-2H3,(H,14,15). The number of unbranched alkanes of at least 4 members (excludes halogenated alkanes) is 1. The molecular weight excluding hydrogens is 190 g/mol. The van der Waals surface area contributed by atoms with E-state index >= 15 is 0 Å². The second kappa shape index (κ2) is 5.50. The molecule has 0 spiro atoms. The van der Waals surface area contributed by atoms with Crippen molar-refractivity contribution in [2.75, 3.05) is 13.1 Å². The largest absolute Gasteiger partial charge is 0.481 e. The average molecular weight is 213 g/mol. The second-order valence-electron chi connectivity index (χ2n) is 5.04. The van der Waals surface area contributed by atoms with Gasteiger partial charge in [0.1, 0.15) is 0 Å². The highest BCUT2D eigenvalue weighted by Gasteiger charge is 2.44. The van der Waals surface area contributed by atoms with Crippen LogP contribution in [0, 0.1) is 11.3 Å². The Morgan fingerprint density at radius 2 is 2.07 bits per heavy atom. The van der Waals surface area contributed by atoms with Gasteiger partial charge in [-0.25, -0.2) is 0 Å². The molecule has 1 aliphatic carbocycles. The fraction of sp³-hybridized carbons (Fsp3) is 0.917. The zero-order valence-electron chi connectivity index (χ0n) is 9.88. The second-order valence-corrected chi connectivity index (χ2v) is 5.04. The monoisotopic (exact) mass is 213 g/mol. The van der Waals surface area contributed by atoms with Crippen LogP contribution < -0.4 is 5.32 Å². The molecule has 0 radical (unpaired) electrons. The lowest BCUT2D eigenvalue weighted by Gasteiger charge is -2.19. The van der Waals surface area contributed by atoms with E-state index in [4.69, 9.17) is 5.11 Å². The van der Waals surface area contributed by atoms with Crippen molar-refractivity contribution < 1.29 is 9.90 Å². The number of carbonyl (C=O) groups is 1. The third kappa shape index (κ3) is 4.20. The molecule has 0 atom stereocenters. The fourth-order valence-electron chi connectivity index (χ4n) is 1.98. The molecule has 0 amide bonds. The highest BCUT2D eigenvalue weighted by Crippen LogP contribution is 2.51. The summed E-state index contributed by atoms with van der Waals surface area (Å²) in [6, 6.07) is 0. The average Bonchev–Trinajstić information content (AvgIpc) is 2.91. The Morgan fingerprint density at radius 1 is 1.40 bits per heavy atom. The first kappa shape index (κ1) is 12.5. The van der Waals surface area contributed by atoms with E-state index in [-0.39, 0.29) is 0 Å². The summed E-state index contributed by atoms with van der Waals surface area (Å²) in [4.78, 5) is 10.3. The number of hydrogen-bond acceptors (Lipinski definition) is 2. The van der Waals surface area contributed by atoms with Crippen molar-refractivity contribution in [3.05, 3.63) is 0 Å². The molecule has 1 saturated carbocycles. The first-order valence-electron chi connectivity index (χ1n) is 5.99. The van der Waals surface area contributed by atoms with Crippen LogP contribution in [-0.4, -0.2) is 24.2 Å². The first-order valence-corrected chi connectivity index (χ1v) is 5.99. The quantitative estimate of drug-likeness (QED) is 0.608. The van der Waals surface area contributed by atoms with Crippen LogP contribution in [0.15, 0.2) is 0 Å². The Labute approximate surface area is 92.3 Å². The van der Waals surface area contributed by atoms with E-state index in [9.17, 15) is 4.79 Å². The minimum absolute atomic E-state index is 0.303. The first-order chi connectivity index (χ1) is 7.07. The van der Waals surface area contributed by atoms with E-state index in [1.165, 1.54) is 12.8 Å². The Bertz CT molecular complexity index is 210. The predicted molar refractivity (Wildman–Crippen MR) is 60.9 cm³/mol. The number of aliphatic carboxylic acids is 1. The molecule has 15 heavy (non-hydrogen) atoms. The van der Waals surface area contributed by atoms with Gasteiger partial charge in [-0.05, 0) is 43.6 Å². The topological polar surface area (TPSA) is 49.3 Å². The van der Waals surface area contributed by atoms with Crippen molar-refractivity contribution in [3.8, 4) is 0 Å². The molecule has 0 aromatic carbocycles. The molecule has 88 valence electrons. The van der Waals surface area contributed by atoms with Gasteiger partial charge in [-0.2, -0.15) is 0 Å². The van der Waals surface area contributed by atoms with Gasteiger partial charge in [-0.3, -0.25) is 4.79 Å². The van der Waals surface area contributed by atoms with E-state index in [1.807, 2.05) is 0 Å². The van der Waals surface area contributed by atoms with Crippen LogP contribution >= 0.6 is 0 Å². The predicted octanol–water partition coefficient (Wildman–Crippen LogP) is 2.27. The lowest BCUT2D eigenvalue weighted by atomic mass is 9.92. The number of rotatable bonds is 8. The van der Waals surface area contributed by atoms with Crippen molar-refractivity contribution in [2.45, 2.75) is 46.0 Å². The zero-order valence-corrected chi connectivity index (χ0v) is 9.88. The Morgan fingerprint density at radius 3 is 2.53 bits per heavy atom. The highest BCUT2D eigenvalue weighted by atomic mass is 16.4. The van der Waals surface area contributed by atoms with Gasteiger partial charge in [0, 0.05) is 13.0 Å². The smallest absolute Gasteiger partial charge is 0.303 e. The SMILES string of the molecule is CC(C)C1(CNCCCCC(=O)O)CC1. The van der Waals surface area contributed by atoms with Crippen molar-refractivity contribution in [2.24, 2.45) is 11.3 Å². The van der Waals surface area contributed by atoms with Crippen molar-refractivity contribution in [1.29, 1.82) is 0 Å². The van der Waals surface area contributed by atoms with Gasteiger partial charge < -0.3 is 10.4 Å². The summed E-state index contributed by atoms with van der Waals surface area (Å²) in [5, 5.41) is 11.9. The van der Waals surface area contributed by atoms with E-state index in [0.717, 1.165) is 31.8 Å². The molecule has 3 heteroatoms. The van der Waals surface area contributed by atoms with E-state index in [2.05, 4.69) is 19.2 Å². The minimum atomic E-state index is -0.684. The summed E-state index contributed by atoms with van der Waals surface area (Å²) in [5.74, 6) is 0.0832. The van der Waals surface area contributed by atoms with Crippen LogP contribution in [0.3, 0.4) is 0 Å². The normalized spacial score (nSPS) is 18.1. The number of carboxylic acids is 1. The van der Waals surface area contributed by atoms with Crippen LogP contribution in [0.1, 0.15) is 46.0 Å². The number of carboxylic acid groups (broad SMARTS) is 1. The van der Waals surface area contributed by atoms with Crippen LogP contribution in [0.2, 0.25) is 0 Å². The third-order valence-electron chi connectivity index (χ3n) is 3.59. The third-order valence-corrected chi connectivity index (χ3v) is 3.59. The summed E-state index contributed by atoms with van der Waals surface area (Å²) in [7, 11) is 0. The van der Waals surface area contributed by atoms with Gasteiger partial charge in [0.25, 0.3) is 0 Å². The lowest BCUT2D eigenvalue weighted by molar-refractivity contribution is -0.137. The number of nitrogens with one attached hydrogen (secondary N) is 1. The van der Waals surface area contributed by atoms with Gasteiger partial charge in [0.15, 0.2) is 0 Å². The molecule has 0 aromatic rings. The van der Waals surface area contributed by atoms with E-state index < -0.39 is 5.97 Å². The lowest BCUT2D eigenvalue weighted by Crippen LogP contribution is -2.28.